The zero-order chi connectivity index (χ0) is 13.1. The molecule has 0 aliphatic heterocycles. The number of nitrogens with zero attached hydrogens (tertiary/aromatic N) is 1. The van der Waals surface area contributed by atoms with Crippen LogP contribution < -0.4 is 4.74 Å². The quantitative estimate of drug-likeness (QED) is 0.780. The number of aryl methyl sites for hydroxylation is 1. The number of carbonyl (C=O) groups is 1. The lowest BCUT2D eigenvalue weighted by Gasteiger charge is -2.10. The largest absolute Gasteiger partial charge is 0.493 e. The molecule has 94 valence electrons. The first-order chi connectivity index (χ1) is 8.67. The Hall–Kier alpha value is -2.10. The van der Waals surface area contributed by atoms with Crippen molar-refractivity contribution < 1.29 is 14.3 Å². The number of carbonyl (C=O) groups excluding carboxylic acids is 1. The molecule has 0 amide bonds. The van der Waals surface area contributed by atoms with Gasteiger partial charge in [-0.05, 0) is 25.5 Å². The standard InChI is InChI=1S/C14H15NO3/c1-4-18-12-8-11(14(16)17-3)15-13-9(2)6-5-7-10(12)13/h5-8H,4H2,1-3H3. The molecule has 2 aromatic rings. The van der Waals surface area contributed by atoms with Gasteiger partial charge in [0.1, 0.15) is 5.75 Å². The van der Waals surface area contributed by atoms with Crippen molar-refractivity contribution in [3.8, 4) is 5.75 Å². The van der Waals surface area contributed by atoms with Crippen molar-refractivity contribution in [3.63, 3.8) is 0 Å². The number of hydrogen-bond acceptors (Lipinski definition) is 4. The maximum atomic E-state index is 11.6. The summed E-state index contributed by atoms with van der Waals surface area (Å²) in [4.78, 5) is 15.9. The van der Waals surface area contributed by atoms with E-state index in [9.17, 15) is 4.79 Å². The van der Waals surface area contributed by atoms with Crippen LogP contribution in [-0.4, -0.2) is 24.7 Å². The average Bonchev–Trinajstić information content (AvgIpc) is 2.39. The van der Waals surface area contributed by atoms with E-state index in [1.807, 2.05) is 32.0 Å². The molecule has 4 nitrogen and oxygen atoms in total. The minimum absolute atomic E-state index is 0.266. The summed E-state index contributed by atoms with van der Waals surface area (Å²) < 4.78 is 10.3. The van der Waals surface area contributed by atoms with Gasteiger partial charge in [-0.15, -0.1) is 0 Å². The van der Waals surface area contributed by atoms with Gasteiger partial charge in [0, 0.05) is 11.5 Å². The van der Waals surface area contributed by atoms with Crippen LogP contribution in [0.4, 0.5) is 0 Å². The molecule has 0 atom stereocenters. The number of ether oxygens (including phenoxy) is 2. The highest BCUT2D eigenvalue weighted by Gasteiger charge is 2.13. The Labute approximate surface area is 106 Å². The maximum absolute atomic E-state index is 11.6. The highest BCUT2D eigenvalue weighted by Crippen LogP contribution is 2.27. The number of rotatable bonds is 3. The van der Waals surface area contributed by atoms with Crippen molar-refractivity contribution in [2.45, 2.75) is 13.8 Å². The molecular formula is C14H15NO3. The van der Waals surface area contributed by atoms with Gasteiger partial charge in [-0.2, -0.15) is 0 Å². The summed E-state index contributed by atoms with van der Waals surface area (Å²) in [7, 11) is 1.34. The van der Waals surface area contributed by atoms with Crippen LogP contribution in [0.3, 0.4) is 0 Å². The van der Waals surface area contributed by atoms with E-state index in [2.05, 4.69) is 4.98 Å². The molecule has 18 heavy (non-hydrogen) atoms. The molecule has 0 saturated heterocycles. The molecule has 1 aromatic carbocycles. The highest BCUT2D eigenvalue weighted by atomic mass is 16.5. The fraction of sp³-hybridized carbons (Fsp3) is 0.286. The third kappa shape index (κ3) is 2.14. The van der Waals surface area contributed by atoms with Crippen molar-refractivity contribution >= 4 is 16.9 Å². The van der Waals surface area contributed by atoms with Gasteiger partial charge in [0.05, 0.1) is 19.2 Å². The van der Waals surface area contributed by atoms with Crippen molar-refractivity contribution in [2.24, 2.45) is 0 Å². The van der Waals surface area contributed by atoms with Crippen LogP contribution in [0, 0.1) is 6.92 Å². The molecule has 0 aliphatic rings. The zero-order valence-corrected chi connectivity index (χ0v) is 10.7. The Balaban J connectivity index is 2.70. The molecule has 1 heterocycles. The third-order valence-electron chi connectivity index (χ3n) is 2.70. The van der Waals surface area contributed by atoms with Crippen LogP contribution in [0.1, 0.15) is 23.0 Å². The van der Waals surface area contributed by atoms with Gasteiger partial charge in [-0.3, -0.25) is 0 Å². The van der Waals surface area contributed by atoms with E-state index >= 15 is 0 Å². The Morgan fingerprint density at radius 1 is 1.39 bits per heavy atom. The molecule has 0 N–H and O–H groups in total. The first-order valence-electron chi connectivity index (χ1n) is 5.78. The van der Waals surface area contributed by atoms with Crippen molar-refractivity contribution in [1.29, 1.82) is 0 Å². The second-order valence-corrected chi connectivity index (χ2v) is 3.90. The van der Waals surface area contributed by atoms with Crippen LogP contribution in [0.5, 0.6) is 5.75 Å². The average molecular weight is 245 g/mol. The predicted octanol–water partition coefficient (Wildman–Crippen LogP) is 2.73. The van der Waals surface area contributed by atoms with Gasteiger partial charge >= 0.3 is 5.97 Å². The van der Waals surface area contributed by atoms with Gasteiger partial charge in [0.2, 0.25) is 0 Å². The summed E-state index contributed by atoms with van der Waals surface area (Å²) in [5.74, 6) is 0.202. The predicted molar refractivity (Wildman–Crippen MR) is 69.0 cm³/mol. The van der Waals surface area contributed by atoms with Gasteiger partial charge in [-0.25, -0.2) is 9.78 Å². The fourth-order valence-corrected chi connectivity index (χ4v) is 1.84. The summed E-state index contributed by atoms with van der Waals surface area (Å²) in [5.41, 5.74) is 2.03. The number of aromatic nitrogens is 1. The van der Waals surface area contributed by atoms with Crippen LogP contribution in [0.15, 0.2) is 24.3 Å². The fourth-order valence-electron chi connectivity index (χ4n) is 1.84. The molecule has 0 saturated carbocycles. The monoisotopic (exact) mass is 245 g/mol. The number of benzene rings is 1. The number of methoxy groups -OCH3 is 1. The van der Waals surface area contributed by atoms with E-state index < -0.39 is 5.97 Å². The normalized spacial score (nSPS) is 10.4. The van der Waals surface area contributed by atoms with E-state index in [1.165, 1.54) is 7.11 Å². The summed E-state index contributed by atoms with van der Waals surface area (Å²) in [5, 5.41) is 0.907. The molecule has 4 heteroatoms. The molecule has 2 rings (SSSR count). The van der Waals surface area contributed by atoms with E-state index in [0.29, 0.717) is 12.4 Å². The number of pyridine rings is 1. The molecule has 1 aromatic heterocycles. The first kappa shape index (κ1) is 12.4. The van der Waals surface area contributed by atoms with Crippen molar-refractivity contribution in [3.05, 3.63) is 35.5 Å². The maximum Gasteiger partial charge on any atom is 0.356 e. The van der Waals surface area contributed by atoms with Crippen molar-refractivity contribution in [2.75, 3.05) is 13.7 Å². The summed E-state index contributed by atoms with van der Waals surface area (Å²) in [6, 6.07) is 7.45. The Kier molecular flexibility index (Phi) is 3.46. The lowest BCUT2D eigenvalue weighted by Crippen LogP contribution is -2.06. The van der Waals surface area contributed by atoms with E-state index in [-0.39, 0.29) is 5.69 Å². The first-order valence-corrected chi connectivity index (χ1v) is 5.78. The third-order valence-corrected chi connectivity index (χ3v) is 2.70. The number of fused-ring (bicyclic) bond motifs is 1. The minimum atomic E-state index is -0.457. The van der Waals surface area contributed by atoms with Gasteiger partial charge < -0.3 is 9.47 Å². The molecule has 0 unspecified atom stereocenters. The molecular weight excluding hydrogens is 230 g/mol. The molecule has 0 aliphatic carbocycles. The van der Waals surface area contributed by atoms with Crippen LogP contribution in [0.25, 0.3) is 10.9 Å². The van der Waals surface area contributed by atoms with E-state index in [4.69, 9.17) is 9.47 Å². The molecule has 0 spiro atoms. The van der Waals surface area contributed by atoms with Gasteiger partial charge in [0.25, 0.3) is 0 Å². The lowest BCUT2D eigenvalue weighted by molar-refractivity contribution is 0.0594. The van der Waals surface area contributed by atoms with E-state index in [1.54, 1.807) is 6.07 Å². The SMILES string of the molecule is CCOc1cc(C(=O)OC)nc2c(C)cccc12. The summed E-state index contributed by atoms with van der Waals surface area (Å²) in [6.45, 7) is 4.39. The highest BCUT2D eigenvalue weighted by molar-refractivity contribution is 5.95. The van der Waals surface area contributed by atoms with Crippen LogP contribution in [-0.2, 0) is 4.74 Å². The Morgan fingerprint density at radius 3 is 2.83 bits per heavy atom. The zero-order valence-electron chi connectivity index (χ0n) is 10.7. The summed E-state index contributed by atoms with van der Waals surface area (Å²) in [6.07, 6.45) is 0. The smallest absolute Gasteiger partial charge is 0.356 e. The Morgan fingerprint density at radius 2 is 2.17 bits per heavy atom. The van der Waals surface area contributed by atoms with Gasteiger partial charge in [-0.1, -0.05) is 12.1 Å². The van der Waals surface area contributed by atoms with Crippen LogP contribution in [0.2, 0.25) is 0 Å². The lowest BCUT2D eigenvalue weighted by atomic mass is 10.1. The number of esters is 1. The number of para-hydroxylation sites is 1. The molecule has 0 radical (unpaired) electrons. The van der Waals surface area contributed by atoms with Crippen LogP contribution >= 0.6 is 0 Å². The minimum Gasteiger partial charge on any atom is -0.493 e. The molecule has 0 fully saturated rings. The van der Waals surface area contributed by atoms with E-state index in [0.717, 1.165) is 16.5 Å². The second-order valence-electron chi connectivity index (χ2n) is 3.90. The Bertz CT molecular complexity index is 593. The van der Waals surface area contributed by atoms with Crippen molar-refractivity contribution in [1.82, 2.24) is 4.98 Å². The second kappa shape index (κ2) is 5.04. The van der Waals surface area contributed by atoms with Gasteiger partial charge in [0.15, 0.2) is 5.69 Å². The topological polar surface area (TPSA) is 48.4 Å². The number of hydrogen-bond donors (Lipinski definition) is 0. The molecule has 0 bridgehead atoms. The summed E-state index contributed by atoms with van der Waals surface area (Å²) >= 11 is 0.